The summed E-state index contributed by atoms with van der Waals surface area (Å²) in [6.07, 6.45) is 14.9. The lowest BCUT2D eigenvalue weighted by atomic mass is 9.79. The number of pyridine rings is 2. The fourth-order valence-electron chi connectivity index (χ4n) is 9.37. The Bertz CT molecular complexity index is 2650. The first kappa shape index (κ1) is 47.6. The van der Waals surface area contributed by atoms with Gasteiger partial charge in [0.05, 0.1) is 23.7 Å². The first-order valence-corrected chi connectivity index (χ1v) is 22.4. The summed E-state index contributed by atoms with van der Waals surface area (Å²) in [7, 11) is 0. The maximum atomic E-state index is 14.8. The van der Waals surface area contributed by atoms with E-state index in [0.717, 1.165) is 89.4 Å². The molecule has 340 valence electrons. The number of amides is 2. The van der Waals surface area contributed by atoms with E-state index in [-0.39, 0.29) is 66.5 Å². The molecule has 4 aromatic heterocycles. The number of fused-ring (bicyclic) bond motifs is 2. The highest BCUT2D eigenvalue weighted by molar-refractivity contribution is 5.94. The number of nitrogens with one attached hydrogen (secondary N) is 2. The van der Waals surface area contributed by atoms with Crippen LogP contribution >= 0.6 is 0 Å². The van der Waals surface area contributed by atoms with Gasteiger partial charge < -0.3 is 24.6 Å². The number of hydrogen-bond acceptors (Lipinski definition) is 7. The van der Waals surface area contributed by atoms with Gasteiger partial charge in [-0.3, -0.25) is 9.59 Å². The van der Waals surface area contributed by atoms with Crippen molar-refractivity contribution in [2.75, 3.05) is 10.6 Å². The standard InChI is InChI=1S/C26H31FN4O2.C24H29FN4O.CH4/c1-15(2)31-14-29-25-22(27)10-20(11-23(25)31)21-12-24(28-13-16(21)3)30-26(33)19-7-5-6-18(9-19)8-17(4)32;1-14(2)29-13-27-23-20(25)9-18(10-21(23)29)19-11-22(26-12-16(19)4)28-24(30)17-7-5-6-15(3)8-17;/h10-15,18-19H,5-9H2,1-4H3,(H,28,30,33);9-15,17H,5-8H2,1-4H3,(H,26,28,30);1H4/t18-,19-;15-,17+;/m01./s1. The van der Waals surface area contributed by atoms with Gasteiger partial charge in [0.2, 0.25) is 11.8 Å². The summed E-state index contributed by atoms with van der Waals surface area (Å²) in [5.41, 5.74) is 7.18. The number of aryl methyl sites for hydroxylation is 2. The van der Waals surface area contributed by atoms with Crippen LogP contribution in [-0.2, 0) is 14.4 Å². The second kappa shape index (κ2) is 20.3. The number of rotatable bonds is 10. The molecule has 6 aromatic rings. The van der Waals surface area contributed by atoms with Crippen LogP contribution < -0.4 is 10.6 Å². The number of halogens is 2. The lowest BCUT2D eigenvalue weighted by Crippen LogP contribution is -2.29. The SMILES string of the molecule is C.CC(=O)C[C@@H]1CCC[C@H](C(=O)Nc2cc(-c3cc(F)c4ncn(C(C)C)c4c3)c(C)cn2)C1.Cc1cnc(NC(=O)[C@H]2CCC[C@@H](C)C2)cc1-c1cc(F)c2ncn(C(C)C)c2c1. The summed E-state index contributed by atoms with van der Waals surface area (Å²) in [6, 6.07) is 10.9. The van der Waals surface area contributed by atoms with Crippen LogP contribution in [0.2, 0.25) is 0 Å². The summed E-state index contributed by atoms with van der Waals surface area (Å²) in [6.45, 7) is 15.8. The monoisotopic (exact) mass is 875 g/mol. The van der Waals surface area contributed by atoms with Gasteiger partial charge in [-0.25, -0.2) is 28.7 Å². The van der Waals surface area contributed by atoms with Crippen molar-refractivity contribution in [3.63, 3.8) is 0 Å². The van der Waals surface area contributed by atoms with E-state index in [9.17, 15) is 23.2 Å². The van der Waals surface area contributed by atoms with Gasteiger partial charge >= 0.3 is 0 Å². The largest absolute Gasteiger partial charge is 0.328 e. The fourth-order valence-corrected chi connectivity index (χ4v) is 9.37. The third kappa shape index (κ3) is 10.7. The zero-order chi connectivity index (χ0) is 45.1. The van der Waals surface area contributed by atoms with Crippen LogP contribution in [-0.4, -0.2) is 46.7 Å². The molecule has 11 nitrogen and oxygen atoms in total. The number of nitrogens with zero attached hydrogens (tertiary/aromatic N) is 6. The normalized spacial score (nSPS) is 18.7. The van der Waals surface area contributed by atoms with E-state index < -0.39 is 0 Å². The third-order valence-electron chi connectivity index (χ3n) is 12.7. The van der Waals surface area contributed by atoms with E-state index in [2.05, 4.69) is 37.5 Å². The molecule has 2 aliphatic rings. The maximum absolute atomic E-state index is 14.8. The number of benzene rings is 2. The molecular formula is C51H64F2N8O3. The van der Waals surface area contributed by atoms with Crippen molar-refractivity contribution in [2.45, 2.75) is 133 Å². The summed E-state index contributed by atoms with van der Waals surface area (Å²) >= 11 is 0. The average molecular weight is 875 g/mol. The molecule has 0 radical (unpaired) electrons. The molecule has 0 unspecified atom stereocenters. The molecular weight excluding hydrogens is 811 g/mol. The maximum Gasteiger partial charge on any atom is 0.228 e. The Labute approximate surface area is 375 Å². The molecule has 64 heavy (non-hydrogen) atoms. The first-order valence-electron chi connectivity index (χ1n) is 22.4. The van der Waals surface area contributed by atoms with Crippen LogP contribution in [0.3, 0.4) is 0 Å². The van der Waals surface area contributed by atoms with E-state index in [1.54, 1.807) is 38.0 Å². The van der Waals surface area contributed by atoms with Gasteiger partial charge in [0.25, 0.3) is 0 Å². The first-order chi connectivity index (χ1) is 30.1. The number of ketones is 1. The number of carbonyl (C=O) groups is 3. The van der Waals surface area contributed by atoms with Gasteiger partial charge in [-0.05, 0) is 162 Å². The van der Waals surface area contributed by atoms with Crippen molar-refractivity contribution in [3.8, 4) is 22.3 Å². The third-order valence-corrected chi connectivity index (χ3v) is 12.7. The molecule has 0 aliphatic heterocycles. The van der Waals surface area contributed by atoms with E-state index in [1.165, 1.54) is 18.6 Å². The molecule has 2 aliphatic carbocycles. The van der Waals surface area contributed by atoms with Gasteiger partial charge in [-0.2, -0.15) is 0 Å². The summed E-state index contributed by atoms with van der Waals surface area (Å²) in [5.74, 6) is 1.15. The number of hydrogen-bond donors (Lipinski definition) is 2. The van der Waals surface area contributed by atoms with Gasteiger partial charge in [0, 0.05) is 42.7 Å². The Balaban J connectivity index is 0.000000210. The highest BCUT2D eigenvalue weighted by atomic mass is 19.1. The molecule has 4 heterocycles. The van der Waals surface area contributed by atoms with Crippen molar-refractivity contribution in [2.24, 2.45) is 23.7 Å². The van der Waals surface area contributed by atoms with E-state index in [0.29, 0.717) is 35.0 Å². The minimum absolute atomic E-state index is 0. The van der Waals surface area contributed by atoms with Crippen LogP contribution in [0.15, 0.2) is 61.4 Å². The molecule has 8 rings (SSSR count). The molecule has 0 spiro atoms. The topological polar surface area (TPSA) is 137 Å². The van der Waals surface area contributed by atoms with Crippen molar-refractivity contribution in [3.05, 3.63) is 84.2 Å². The quantitative estimate of drug-likeness (QED) is 0.140. The van der Waals surface area contributed by atoms with E-state index in [1.807, 2.05) is 68.9 Å². The minimum atomic E-state index is -0.373. The number of aromatic nitrogens is 6. The van der Waals surface area contributed by atoms with E-state index in [4.69, 9.17) is 0 Å². The second-order valence-electron chi connectivity index (χ2n) is 18.5. The van der Waals surface area contributed by atoms with E-state index >= 15 is 0 Å². The smallest absolute Gasteiger partial charge is 0.228 e. The Kier molecular flexibility index (Phi) is 15.1. The van der Waals surface area contributed by atoms with Gasteiger partial charge in [-0.1, -0.05) is 33.6 Å². The Hall–Kier alpha value is -5.85. The second-order valence-corrected chi connectivity index (χ2v) is 18.5. The highest BCUT2D eigenvalue weighted by Gasteiger charge is 2.29. The number of imidazole rings is 2. The Morgan fingerprint density at radius 3 is 1.56 bits per heavy atom. The fraction of sp³-hybridized carbons (Fsp3) is 0.471. The molecule has 2 saturated carbocycles. The molecule has 2 amide bonds. The Morgan fingerprint density at radius 1 is 0.672 bits per heavy atom. The number of anilines is 2. The molecule has 2 aromatic carbocycles. The summed E-state index contributed by atoms with van der Waals surface area (Å²) < 4.78 is 33.5. The van der Waals surface area contributed by atoms with Crippen molar-refractivity contribution in [1.82, 2.24) is 29.1 Å². The molecule has 0 saturated heterocycles. The van der Waals surface area contributed by atoms with Crippen molar-refractivity contribution in [1.29, 1.82) is 0 Å². The van der Waals surface area contributed by atoms with Crippen LogP contribution in [0.1, 0.15) is 130 Å². The molecule has 2 fully saturated rings. The molecule has 2 N–H and O–H groups in total. The van der Waals surface area contributed by atoms with Gasteiger partial charge in [0.15, 0.2) is 11.6 Å². The van der Waals surface area contributed by atoms with Gasteiger partial charge in [-0.15, -0.1) is 0 Å². The van der Waals surface area contributed by atoms with Crippen LogP contribution in [0, 0.1) is 49.2 Å². The summed E-state index contributed by atoms with van der Waals surface area (Å²) in [4.78, 5) is 54.4. The lowest BCUT2D eigenvalue weighted by molar-refractivity contribution is -0.123. The minimum Gasteiger partial charge on any atom is -0.328 e. The van der Waals surface area contributed by atoms with Gasteiger partial charge in [0.1, 0.15) is 28.5 Å². The predicted molar refractivity (Wildman–Crippen MR) is 252 cm³/mol. The van der Waals surface area contributed by atoms with Crippen LogP contribution in [0.4, 0.5) is 20.4 Å². The Morgan fingerprint density at radius 2 is 1.12 bits per heavy atom. The lowest BCUT2D eigenvalue weighted by Gasteiger charge is -2.27. The summed E-state index contributed by atoms with van der Waals surface area (Å²) in [5, 5.41) is 5.94. The number of carbonyl (C=O) groups excluding carboxylic acids is 3. The average Bonchev–Trinajstić information content (AvgIpc) is 3.88. The predicted octanol–water partition coefficient (Wildman–Crippen LogP) is 12.4. The highest BCUT2D eigenvalue weighted by Crippen LogP contribution is 2.35. The molecule has 0 bridgehead atoms. The van der Waals surface area contributed by atoms with Crippen LogP contribution in [0.5, 0.6) is 0 Å². The van der Waals surface area contributed by atoms with Crippen molar-refractivity contribution < 1.29 is 23.2 Å². The van der Waals surface area contributed by atoms with Crippen LogP contribution in [0.25, 0.3) is 44.3 Å². The molecule has 13 heteroatoms. The zero-order valence-corrected chi connectivity index (χ0v) is 37.8. The van der Waals surface area contributed by atoms with Crippen molar-refractivity contribution >= 4 is 51.3 Å². The zero-order valence-electron chi connectivity index (χ0n) is 37.8. The molecule has 4 atom stereocenters. The number of Topliss-reactive ketones (excluding diaryl/α,β-unsaturated/α-hetero) is 1.